The number of rotatable bonds is 7. The van der Waals surface area contributed by atoms with Gasteiger partial charge in [-0.25, -0.2) is 0 Å². The summed E-state index contributed by atoms with van der Waals surface area (Å²) in [5.74, 6) is 1.98. The molecule has 0 saturated carbocycles. The lowest BCUT2D eigenvalue weighted by molar-refractivity contribution is -0.132. The molecule has 0 N–H and O–H groups in total. The number of halogens is 1. The Morgan fingerprint density at radius 1 is 1.04 bits per heavy atom. The molecule has 1 amide bonds. The van der Waals surface area contributed by atoms with Crippen LogP contribution in [0, 0.1) is 3.57 Å². The van der Waals surface area contributed by atoms with E-state index in [1.807, 2.05) is 36.4 Å². The number of carbonyl (C=O) groups excluding carboxylic acids is 1. The summed E-state index contributed by atoms with van der Waals surface area (Å²) in [6, 6.07) is 13.1. The Hall–Kier alpha value is -1.96. The highest BCUT2D eigenvalue weighted by Gasteiger charge is 2.13. The van der Waals surface area contributed by atoms with Gasteiger partial charge in [-0.2, -0.15) is 0 Å². The van der Waals surface area contributed by atoms with E-state index in [9.17, 15) is 4.79 Å². The molecule has 128 valence electrons. The van der Waals surface area contributed by atoms with Gasteiger partial charge in [-0.15, -0.1) is 0 Å². The summed E-state index contributed by atoms with van der Waals surface area (Å²) in [7, 11) is 4.94. The van der Waals surface area contributed by atoms with Gasteiger partial charge in [0, 0.05) is 28.8 Å². The first-order chi connectivity index (χ1) is 11.5. The van der Waals surface area contributed by atoms with Gasteiger partial charge in [0.25, 0.3) is 5.91 Å². The Bertz CT molecular complexity index is 688. The van der Waals surface area contributed by atoms with Crippen molar-refractivity contribution in [2.24, 2.45) is 0 Å². The number of methoxy groups -OCH3 is 2. The molecule has 0 bridgehead atoms. The second-order valence-electron chi connectivity index (χ2n) is 5.17. The number of nitrogens with zero attached hydrogens (tertiary/aromatic N) is 1. The van der Waals surface area contributed by atoms with Crippen LogP contribution in [0.5, 0.6) is 17.2 Å². The highest BCUT2D eigenvalue weighted by Crippen LogP contribution is 2.25. The molecular weight excluding hydrogens is 421 g/mol. The molecule has 0 spiro atoms. The van der Waals surface area contributed by atoms with Gasteiger partial charge in [-0.05, 0) is 59.0 Å². The SMILES string of the molecule is COc1ccc(CN(C)C(=O)COc2ccc(I)cc2)c(OC)c1. The first-order valence-electron chi connectivity index (χ1n) is 7.36. The summed E-state index contributed by atoms with van der Waals surface area (Å²) >= 11 is 2.22. The molecule has 0 radical (unpaired) electrons. The fourth-order valence-electron chi connectivity index (χ4n) is 2.11. The number of likely N-dealkylation sites (N-methyl/N-ethyl adjacent to an activating group) is 1. The molecule has 0 aromatic heterocycles. The Balaban J connectivity index is 1.94. The quantitative estimate of drug-likeness (QED) is 0.619. The van der Waals surface area contributed by atoms with Crippen molar-refractivity contribution in [3.8, 4) is 17.2 Å². The van der Waals surface area contributed by atoms with Gasteiger partial charge in [0.2, 0.25) is 0 Å². The van der Waals surface area contributed by atoms with Crippen molar-refractivity contribution >= 4 is 28.5 Å². The molecule has 0 saturated heterocycles. The standard InChI is InChI=1S/C18H20INO4/c1-20(11-13-4-7-16(22-2)10-17(13)23-3)18(21)12-24-15-8-5-14(19)6-9-15/h4-10H,11-12H2,1-3H3. The third-order valence-electron chi connectivity index (χ3n) is 3.50. The zero-order valence-electron chi connectivity index (χ0n) is 13.9. The lowest BCUT2D eigenvalue weighted by Gasteiger charge is -2.19. The summed E-state index contributed by atoms with van der Waals surface area (Å²) in [5, 5.41) is 0. The largest absolute Gasteiger partial charge is 0.497 e. The molecule has 0 fully saturated rings. The van der Waals surface area contributed by atoms with Crippen molar-refractivity contribution in [1.82, 2.24) is 4.90 Å². The maximum atomic E-state index is 12.2. The molecular formula is C18H20INO4. The number of ether oxygens (including phenoxy) is 3. The first-order valence-corrected chi connectivity index (χ1v) is 8.44. The molecule has 0 atom stereocenters. The minimum Gasteiger partial charge on any atom is -0.497 e. The average Bonchev–Trinajstić information content (AvgIpc) is 2.61. The maximum absolute atomic E-state index is 12.2. The van der Waals surface area contributed by atoms with Crippen molar-refractivity contribution < 1.29 is 19.0 Å². The van der Waals surface area contributed by atoms with Crippen LogP contribution >= 0.6 is 22.6 Å². The second kappa shape index (κ2) is 8.77. The number of amides is 1. The normalized spacial score (nSPS) is 10.2. The number of hydrogen-bond acceptors (Lipinski definition) is 4. The Morgan fingerprint density at radius 3 is 2.33 bits per heavy atom. The van der Waals surface area contributed by atoms with Crippen LogP contribution in [0.1, 0.15) is 5.56 Å². The van der Waals surface area contributed by atoms with E-state index < -0.39 is 0 Å². The third kappa shape index (κ3) is 5.02. The molecule has 0 aliphatic heterocycles. The fraction of sp³-hybridized carbons (Fsp3) is 0.278. The Morgan fingerprint density at radius 2 is 1.71 bits per heavy atom. The minimum atomic E-state index is -0.105. The van der Waals surface area contributed by atoms with Gasteiger partial charge in [-0.3, -0.25) is 4.79 Å². The van der Waals surface area contributed by atoms with Crippen molar-refractivity contribution in [3.05, 3.63) is 51.6 Å². The van der Waals surface area contributed by atoms with Crippen LogP contribution in [0.3, 0.4) is 0 Å². The zero-order chi connectivity index (χ0) is 17.5. The number of carbonyl (C=O) groups is 1. The van der Waals surface area contributed by atoms with Crippen molar-refractivity contribution in [2.45, 2.75) is 6.54 Å². The van der Waals surface area contributed by atoms with Crippen LogP contribution in [-0.4, -0.2) is 38.7 Å². The predicted octanol–water partition coefficient (Wildman–Crippen LogP) is 3.35. The maximum Gasteiger partial charge on any atom is 0.260 e. The second-order valence-corrected chi connectivity index (χ2v) is 6.42. The molecule has 0 unspecified atom stereocenters. The van der Waals surface area contributed by atoms with Gasteiger partial charge in [0.15, 0.2) is 6.61 Å². The molecule has 2 aromatic carbocycles. The van der Waals surface area contributed by atoms with E-state index in [0.717, 1.165) is 9.13 Å². The van der Waals surface area contributed by atoms with Crippen molar-refractivity contribution in [3.63, 3.8) is 0 Å². The Labute approximate surface area is 155 Å². The Kier molecular flexibility index (Phi) is 6.72. The summed E-state index contributed by atoms with van der Waals surface area (Å²) in [4.78, 5) is 13.9. The van der Waals surface area contributed by atoms with E-state index in [2.05, 4.69) is 22.6 Å². The lowest BCUT2D eigenvalue weighted by Crippen LogP contribution is -2.31. The van der Waals surface area contributed by atoms with E-state index in [1.165, 1.54) is 0 Å². The highest BCUT2D eigenvalue weighted by atomic mass is 127. The van der Waals surface area contributed by atoms with Gasteiger partial charge < -0.3 is 19.1 Å². The van der Waals surface area contributed by atoms with Gasteiger partial charge >= 0.3 is 0 Å². The van der Waals surface area contributed by atoms with Crippen LogP contribution in [0.15, 0.2) is 42.5 Å². The smallest absolute Gasteiger partial charge is 0.260 e. The molecule has 0 aliphatic carbocycles. The molecule has 0 aliphatic rings. The van der Waals surface area contributed by atoms with E-state index >= 15 is 0 Å². The molecule has 0 heterocycles. The van der Waals surface area contributed by atoms with Gasteiger partial charge in [0.1, 0.15) is 17.2 Å². The highest BCUT2D eigenvalue weighted by molar-refractivity contribution is 14.1. The van der Waals surface area contributed by atoms with Gasteiger partial charge in [0.05, 0.1) is 14.2 Å². The average molecular weight is 441 g/mol. The van der Waals surface area contributed by atoms with E-state index in [-0.39, 0.29) is 12.5 Å². The molecule has 2 aromatic rings. The summed E-state index contributed by atoms with van der Waals surface area (Å²) in [6.07, 6.45) is 0. The van der Waals surface area contributed by atoms with Gasteiger partial charge in [-0.1, -0.05) is 0 Å². The molecule has 2 rings (SSSR count). The first kappa shape index (κ1) is 18.4. The van der Waals surface area contributed by atoms with Crippen molar-refractivity contribution in [2.75, 3.05) is 27.9 Å². The number of hydrogen-bond donors (Lipinski definition) is 0. The zero-order valence-corrected chi connectivity index (χ0v) is 16.1. The van der Waals surface area contributed by atoms with Crippen LogP contribution in [0.2, 0.25) is 0 Å². The van der Waals surface area contributed by atoms with Crippen LogP contribution in [-0.2, 0) is 11.3 Å². The van der Waals surface area contributed by atoms with Crippen LogP contribution < -0.4 is 14.2 Å². The molecule has 24 heavy (non-hydrogen) atoms. The summed E-state index contributed by atoms with van der Waals surface area (Å²) in [6.45, 7) is 0.428. The summed E-state index contributed by atoms with van der Waals surface area (Å²) < 4.78 is 17.2. The monoisotopic (exact) mass is 441 g/mol. The fourth-order valence-corrected chi connectivity index (χ4v) is 2.47. The van der Waals surface area contributed by atoms with Crippen LogP contribution in [0.4, 0.5) is 0 Å². The number of benzene rings is 2. The van der Waals surface area contributed by atoms with E-state index in [4.69, 9.17) is 14.2 Å². The predicted molar refractivity (Wildman–Crippen MR) is 101 cm³/mol. The summed E-state index contributed by atoms with van der Waals surface area (Å²) in [5.41, 5.74) is 0.906. The topological polar surface area (TPSA) is 48.0 Å². The molecule has 6 heteroatoms. The molecule has 5 nitrogen and oxygen atoms in total. The third-order valence-corrected chi connectivity index (χ3v) is 4.22. The van der Waals surface area contributed by atoms with Crippen LogP contribution in [0.25, 0.3) is 0 Å². The minimum absolute atomic E-state index is 0.00440. The lowest BCUT2D eigenvalue weighted by atomic mass is 10.2. The van der Waals surface area contributed by atoms with Crippen molar-refractivity contribution in [1.29, 1.82) is 0 Å². The van der Waals surface area contributed by atoms with E-state index in [1.54, 1.807) is 32.2 Å². The van der Waals surface area contributed by atoms with E-state index in [0.29, 0.717) is 23.8 Å².